The molecule has 6 nitrogen and oxygen atoms in total. The minimum atomic E-state index is -0.573. The summed E-state index contributed by atoms with van der Waals surface area (Å²) >= 11 is 4.47. The number of ether oxygens (including phenoxy) is 2. The lowest BCUT2D eigenvalue weighted by Gasteiger charge is -2.38. The second-order valence-corrected chi connectivity index (χ2v) is 5.92. The number of hydrogen-bond donors (Lipinski definition) is 2. The molecule has 0 fully saturated rings. The fourth-order valence-corrected chi connectivity index (χ4v) is 3.21. The molecule has 132 valence electrons. The molecule has 2 aromatic carbocycles. The Labute approximate surface area is 157 Å². The molecule has 26 heavy (non-hydrogen) atoms. The summed E-state index contributed by atoms with van der Waals surface area (Å²) in [6, 6.07) is 16.6. The van der Waals surface area contributed by atoms with E-state index >= 15 is 0 Å². The highest BCUT2D eigenvalue weighted by molar-refractivity contribution is 7.84. The fraction of sp³-hybridized carbons (Fsp3) is 0.158. The summed E-state index contributed by atoms with van der Waals surface area (Å²) in [6.07, 6.45) is -0.573. The predicted octanol–water partition coefficient (Wildman–Crippen LogP) is 3.00. The Bertz CT molecular complexity index is 903. The van der Waals surface area contributed by atoms with Crippen LogP contribution in [0, 0.1) is 11.3 Å². The van der Waals surface area contributed by atoms with Crippen LogP contribution in [0.15, 0.2) is 59.1 Å². The third-order valence-corrected chi connectivity index (χ3v) is 4.54. The maximum absolute atomic E-state index is 12.4. The van der Waals surface area contributed by atoms with Crippen LogP contribution >= 0.6 is 12.6 Å². The molecule has 2 aromatic rings. The maximum atomic E-state index is 12.4. The first kappa shape index (κ1) is 17.7. The van der Waals surface area contributed by atoms with Crippen LogP contribution in [-0.4, -0.2) is 20.1 Å². The van der Waals surface area contributed by atoms with Crippen molar-refractivity contribution in [3.8, 4) is 17.6 Å². The third-order valence-electron chi connectivity index (χ3n) is 4.10. The van der Waals surface area contributed by atoms with Gasteiger partial charge in [0.25, 0.3) is 5.91 Å². The van der Waals surface area contributed by atoms with E-state index < -0.39 is 12.1 Å². The molecule has 7 heteroatoms. The third kappa shape index (κ3) is 3.07. The standard InChI is InChI=1S/C19H17N3O3S/c1-24-13-9-7-12(8-10-13)22-17(14-5-3-4-6-16(14)25-2)21-18(23)15(11-20)19(22)26/h3-10,17,26H,1-2H3,(H,21,23). The Morgan fingerprint density at radius 2 is 1.81 bits per heavy atom. The van der Waals surface area contributed by atoms with Crippen LogP contribution in [0.3, 0.4) is 0 Å². The van der Waals surface area contributed by atoms with Gasteiger partial charge in [-0.15, -0.1) is 12.6 Å². The van der Waals surface area contributed by atoms with E-state index in [2.05, 4.69) is 17.9 Å². The van der Waals surface area contributed by atoms with Gasteiger partial charge in [0.1, 0.15) is 29.3 Å². The van der Waals surface area contributed by atoms with Gasteiger partial charge in [0.2, 0.25) is 0 Å². The second kappa shape index (κ2) is 7.42. The number of methoxy groups -OCH3 is 2. The summed E-state index contributed by atoms with van der Waals surface area (Å²) in [5, 5.41) is 12.5. The van der Waals surface area contributed by atoms with Crippen LogP contribution in [-0.2, 0) is 4.79 Å². The number of nitriles is 1. The van der Waals surface area contributed by atoms with Gasteiger partial charge < -0.3 is 19.7 Å². The van der Waals surface area contributed by atoms with Crippen LogP contribution in [0.1, 0.15) is 11.7 Å². The van der Waals surface area contributed by atoms with Crippen molar-refractivity contribution < 1.29 is 14.3 Å². The lowest BCUT2D eigenvalue weighted by molar-refractivity contribution is -0.118. The van der Waals surface area contributed by atoms with Gasteiger partial charge in [-0.3, -0.25) is 4.79 Å². The van der Waals surface area contributed by atoms with Crippen LogP contribution in [0.5, 0.6) is 11.5 Å². The summed E-state index contributed by atoms with van der Waals surface area (Å²) < 4.78 is 10.6. The lowest BCUT2D eigenvalue weighted by atomic mass is 10.1. The van der Waals surface area contributed by atoms with E-state index in [1.165, 1.54) is 0 Å². The zero-order chi connectivity index (χ0) is 18.7. The second-order valence-electron chi connectivity index (χ2n) is 5.50. The van der Waals surface area contributed by atoms with Crippen molar-refractivity contribution >= 4 is 24.2 Å². The first-order valence-electron chi connectivity index (χ1n) is 7.81. The Morgan fingerprint density at radius 1 is 1.12 bits per heavy atom. The quantitative estimate of drug-likeness (QED) is 0.813. The Kier molecular flexibility index (Phi) is 5.05. The van der Waals surface area contributed by atoms with E-state index in [0.29, 0.717) is 11.5 Å². The van der Waals surface area contributed by atoms with Gasteiger partial charge in [-0.2, -0.15) is 5.26 Å². The van der Waals surface area contributed by atoms with E-state index in [1.807, 2.05) is 42.5 Å². The molecule has 1 aliphatic rings. The molecule has 3 rings (SSSR count). The molecule has 1 N–H and O–H groups in total. The number of nitrogens with one attached hydrogen (secondary N) is 1. The van der Waals surface area contributed by atoms with Crippen molar-refractivity contribution in [1.82, 2.24) is 5.32 Å². The molecule has 0 aliphatic carbocycles. The summed E-state index contributed by atoms with van der Waals surface area (Å²) in [5.74, 6) is 0.852. The van der Waals surface area contributed by atoms with Crippen molar-refractivity contribution in [2.75, 3.05) is 19.1 Å². The Balaban J connectivity index is 2.16. The molecule has 0 saturated heterocycles. The largest absolute Gasteiger partial charge is 0.497 e. The normalized spacial score (nSPS) is 16.8. The van der Waals surface area contributed by atoms with Crippen molar-refractivity contribution in [2.24, 2.45) is 0 Å². The molecular weight excluding hydrogens is 350 g/mol. The maximum Gasteiger partial charge on any atom is 0.266 e. The predicted molar refractivity (Wildman–Crippen MR) is 101 cm³/mol. The minimum absolute atomic E-state index is 0.0460. The topological polar surface area (TPSA) is 74.6 Å². The van der Waals surface area contributed by atoms with Gasteiger partial charge >= 0.3 is 0 Å². The first-order valence-corrected chi connectivity index (χ1v) is 8.25. The number of nitrogens with zero attached hydrogens (tertiary/aromatic N) is 2. The van der Waals surface area contributed by atoms with Gasteiger partial charge in [-0.25, -0.2) is 0 Å². The number of thiol groups is 1. The number of anilines is 1. The van der Waals surface area contributed by atoms with E-state index in [9.17, 15) is 10.1 Å². The van der Waals surface area contributed by atoms with Gasteiger partial charge in [0.15, 0.2) is 0 Å². The molecule has 0 radical (unpaired) electrons. The zero-order valence-corrected chi connectivity index (χ0v) is 15.2. The highest BCUT2D eigenvalue weighted by atomic mass is 32.1. The SMILES string of the molecule is COc1ccc(N2C(S)=C(C#N)C(=O)NC2c2ccccc2OC)cc1. The van der Waals surface area contributed by atoms with E-state index in [-0.39, 0.29) is 10.6 Å². The van der Waals surface area contributed by atoms with E-state index in [0.717, 1.165) is 11.3 Å². The number of para-hydroxylation sites is 1. The number of amides is 1. The highest BCUT2D eigenvalue weighted by Gasteiger charge is 2.35. The first-order chi connectivity index (χ1) is 12.6. The molecule has 1 atom stereocenters. The average molecular weight is 367 g/mol. The number of benzene rings is 2. The summed E-state index contributed by atoms with van der Waals surface area (Å²) in [5.41, 5.74) is 1.46. The molecule has 0 bridgehead atoms. The fourth-order valence-electron chi connectivity index (χ4n) is 2.83. The smallest absolute Gasteiger partial charge is 0.266 e. The molecule has 1 unspecified atom stereocenters. The molecule has 0 aromatic heterocycles. The molecule has 0 spiro atoms. The van der Waals surface area contributed by atoms with Crippen molar-refractivity contribution in [2.45, 2.75) is 6.17 Å². The highest BCUT2D eigenvalue weighted by Crippen LogP contribution is 2.38. The molecule has 1 heterocycles. The average Bonchev–Trinajstić information content (AvgIpc) is 2.68. The monoisotopic (exact) mass is 367 g/mol. The van der Waals surface area contributed by atoms with Gasteiger partial charge in [-0.05, 0) is 30.3 Å². The summed E-state index contributed by atoms with van der Waals surface area (Å²) in [6.45, 7) is 0. The van der Waals surface area contributed by atoms with Crippen molar-refractivity contribution in [1.29, 1.82) is 5.26 Å². The summed E-state index contributed by atoms with van der Waals surface area (Å²) in [7, 11) is 3.16. The molecule has 1 aliphatic heterocycles. The van der Waals surface area contributed by atoms with Gasteiger partial charge in [0, 0.05) is 11.3 Å². The van der Waals surface area contributed by atoms with Gasteiger partial charge in [0.05, 0.1) is 19.2 Å². The van der Waals surface area contributed by atoms with Crippen LogP contribution in [0.4, 0.5) is 5.69 Å². The van der Waals surface area contributed by atoms with Crippen LogP contribution in [0.25, 0.3) is 0 Å². The molecular formula is C19H17N3O3S. The van der Waals surface area contributed by atoms with Gasteiger partial charge in [-0.1, -0.05) is 18.2 Å². The van der Waals surface area contributed by atoms with Crippen molar-refractivity contribution in [3.05, 3.63) is 64.7 Å². The minimum Gasteiger partial charge on any atom is -0.497 e. The lowest BCUT2D eigenvalue weighted by Crippen LogP contribution is -2.46. The molecule has 0 saturated carbocycles. The number of carbonyl (C=O) groups excluding carboxylic acids is 1. The zero-order valence-electron chi connectivity index (χ0n) is 14.3. The number of carbonyl (C=O) groups is 1. The number of rotatable bonds is 4. The molecule has 1 amide bonds. The van der Waals surface area contributed by atoms with Crippen molar-refractivity contribution in [3.63, 3.8) is 0 Å². The van der Waals surface area contributed by atoms with Crippen LogP contribution < -0.4 is 19.7 Å². The summed E-state index contributed by atoms with van der Waals surface area (Å²) in [4.78, 5) is 14.1. The number of hydrogen-bond acceptors (Lipinski definition) is 6. The Hall–Kier alpha value is -3.11. The Morgan fingerprint density at radius 3 is 2.42 bits per heavy atom. The van der Waals surface area contributed by atoms with Crippen LogP contribution in [0.2, 0.25) is 0 Å². The van der Waals surface area contributed by atoms with E-state index in [1.54, 1.807) is 31.3 Å². The van der Waals surface area contributed by atoms with E-state index in [4.69, 9.17) is 9.47 Å².